The average molecular weight is 842 g/mol. The van der Waals surface area contributed by atoms with E-state index in [4.69, 9.17) is 10.7 Å². The zero-order chi connectivity index (χ0) is 44.5. The van der Waals surface area contributed by atoms with E-state index in [1.54, 1.807) is 14.0 Å². The number of benzene rings is 2. The van der Waals surface area contributed by atoms with Crippen LogP contribution in [0, 0.1) is 30.6 Å². The molecule has 4 atom stereocenters. The summed E-state index contributed by atoms with van der Waals surface area (Å²) in [6, 6.07) is 20.6. The molecule has 0 bridgehead atoms. The highest BCUT2D eigenvalue weighted by atomic mass is 16.2. The van der Waals surface area contributed by atoms with Gasteiger partial charge in [0, 0.05) is 55.4 Å². The standard InChI is InChI=1S/C38H44N8O2.C6H9NO2.C5H10/c1-24-7-5-8-29(36(24)25(2)26(3)47)13-11-27-15-17-45(18-16-27)23-28-12-14-32(41-21-28)30-9-6-10-31(19-30)43-35-20-33(40-4)38-42-22-34(37(39)48)46(38)44-35;1-4-2-3-5(8)7-6(4)9;1-4-3-5(4)2/h5-10,12,14,19-22,25,27,40H,11,13,15-18,23H2,1-4H3,(H2,39,48)(H,43,44);4H,2-3H2,1H3,(H,7,8,9);4-5H,3H2,1-2H3/t;;4-,5+. The number of aryl methyl sites for hydroxylation is 2. The number of pyridine rings is 1. The molecule has 5 aromatic rings. The Morgan fingerprint density at radius 2 is 1.68 bits per heavy atom. The first-order valence-electron chi connectivity index (χ1n) is 22.0. The van der Waals surface area contributed by atoms with Gasteiger partial charge in [-0.25, -0.2) is 9.50 Å². The van der Waals surface area contributed by atoms with Crippen molar-refractivity contribution in [3.05, 3.63) is 101 Å². The molecule has 3 aromatic heterocycles. The highest BCUT2D eigenvalue weighted by Gasteiger charge is 2.26. The number of likely N-dealkylation sites (tertiary alicyclic amines) is 1. The number of imide groups is 1. The van der Waals surface area contributed by atoms with Crippen LogP contribution in [0.2, 0.25) is 0 Å². The van der Waals surface area contributed by atoms with Gasteiger partial charge in [-0.3, -0.25) is 34.4 Å². The summed E-state index contributed by atoms with van der Waals surface area (Å²) in [5.74, 6) is 2.68. The number of hydrogen-bond donors (Lipinski definition) is 4. The van der Waals surface area contributed by atoms with Crippen LogP contribution in [-0.2, 0) is 27.3 Å². The van der Waals surface area contributed by atoms with Crippen molar-refractivity contribution >= 4 is 46.3 Å². The van der Waals surface area contributed by atoms with Crippen molar-refractivity contribution in [3.63, 3.8) is 0 Å². The van der Waals surface area contributed by atoms with Crippen molar-refractivity contribution in [1.82, 2.24) is 29.8 Å². The molecule has 2 saturated heterocycles. The molecule has 2 aromatic carbocycles. The number of piperidine rings is 2. The molecule has 5 N–H and O–H groups in total. The highest BCUT2D eigenvalue weighted by molar-refractivity contribution is 5.98. The van der Waals surface area contributed by atoms with E-state index in [2.05, 4.69) is 82.0 Å². The molecule has 3 aliphatic rings. The van der Waals surface area contributed by atoms with E-state index in [0.717, 1.165) is 54.8 Å². The first-order chi connectivity index (χ1) is 29.7. The van der Waals surface area contributed by atoms with E-state index >= 15 is 0 Å². The molecular formula is C49H63N9O4. The molecular weight excluding hydrogens is 779 g/mol. The second-order valence-electron chi connectivity index (χ2n) is 17.5. The third-order valence-corrected chi connectivity index (χ3v) is 12.7. The Labute approximate surface area is 365 Å². The number of rotatable bonds is 12. The van der Waals surface area contributed by atoms with Gasteiger partial charge in [0.25, 0.3) is 5.91 Å². The van der Waals surface area contributed by atoms with Gasteiger partial charge >= 0.3 is 0 Å². The van der Waals surface area contributed by atoms with Crippen molar-refractivity contribution in [2.45, 2.75) is 99.0 Å². The second kappa shape index (κ2) is 20.7. The summed E-state index contributed by atoms with van der Waals surface area (Å²) in [6.45, 7) is 15.3. The molecule has 13 nitrogen and oxygen atoms in total. The van der Waals surface area contributed by atoms with Gasteiger partial charge in [0.2, 0.25) is 11.8 Å². The molecule has 13 heteroatoms. The van der Waals surface area contributed by atoms with Crippen molar-refractivity contribution in [3.8, 4) is 11.3 Å². The second-order valence-corrected chi connectivity index (χ2v) is 17.5. The third-order valence-electron chi connectivity index (χ3n) is 12.7. The number of Topliss-reactive ketones (excluding diaryl/α,β-unsaturated/α-hetero) is 1. The van der Waals surface area contributed by atoms with Gasteiger partial charge in [0.05, 0.1) is 17.6 Å². The molecule has 3 fully saturated rings. The average Bonchev–Trinajstić information content (AvgIpc) is 3.72. The third kappa shape index (κ3) is 11.9. The first kappa shape index (κ1) is 45.6. The fourth-order valence-electron chi connectivity index (χ4n) is 8.12. The smallest absolute Gasteiger partial charge is 0.269 e. The van der Waals surface area contributed by atoms with Crippen LogP contribution in [0.3, 0.4) is 0 Å². The van der Waals surface area contributed by atoms with Crippen molar-refractivity contribution < 1.29 is 19.2 Å². The number of primary amides is 1. The first-order valence-corrected chi connectivity index (χ1v) is 22.0. The maximum Gasteiger partial charge on any atom is 0.269 e. The SMILES string of the molecule is CC1CCC(=O)NC1=O.CNc1cc(Nc2cccc(-c3ccc(CN4CCC(CCc5cccc(C)c5C(C)C(C)=O)CC4)cn3)c2)nn2c(C(N)=O)cnc12.C[C@@H]1C[C@@H]1C. The normalized spacial score (nSPS) is 19.3. The number of nitrogens with two attached hydrogens (primary N) is 1. The Morgan fingerprint density at radius 1 is 0.952 bits per heavy atom. The lowest BCUT2D eigenvalue weighted by Crippen LogP contribution is -2.39. The molecule has 5 heterocycles. The molecule has 0 spiro atoms. The molecule has 1 saturated carbocycles. The number of anilines is 3. The van der Waals surface area contributed by atoms with Gasteiger partial charge in [-0.15, -0.1) is 5.10 Å². The van der Waals surface area contributed by atoms with Crippen LogP contribution >= 0.6 is 0 Å². The minimum Gasteiger partial charge on any atom is -0.385 e. The van der Waals surface area contributed by atoms with Gasteiger partial charge in [-0.05, 0) is 124 Å². The molecule has 3 amide bonds. The van der Waals surface area contributed by atoms with Crippen LogP contribution in [0.1, 0.15) is 112 Å². The monoisotopic (exact) mass is 842 g/mol. The summed E-state index contributed by atoms with van der Waals surface area (Å²) in [7, 11) is 1.79. The summed E-state index contributed by atoms with van der Waals surface area (Å²) in [5.41, 5.74) is 14.7. The summed E-state index contributed by atoms with van der Waals surface area (Å²) < 4.78 is 1.45. The molecule has 2 unspecified atom stereocenters. The number of hydrogen-bond acceptors (Lipinski definition) is 10. The fraction of sp³-hybridized carbons (Fsp3) is 0.449. The van der Waals surface area contributed by atoms with E-state index in [0.29, 0.717) is 35.9 Å². The van der Waals surface area contributed by atoms with Crippen LogP contribution in [0.4, 0.5) is 17.2 Å². The van der Waals surface area contributed by atoms with Crippen molar-refractivity contribution in [2.75, 3.05) is 30.8 Å². The molecule has 62 heavy (non-hydrogen) atoms. The van der Waals surface area contributed by atoms with Crippen LogP contribution in [-0.4, -0.2) is 68.1 Å². The molecule has 1 aliphatic carbocycles. The van der Waals surface area contributed by atoms with Crippen LogP contribution in [0.15, 0.2) is 73.1 Å². The number of imidazole rings is 1. The van der Waals surface area contributed by atoms with Gasteiger partial charge in [0.15, 0.2) is 11.5 Å². The Hall–Kier alpha value is -5.95. The minimum absolute atomic E-state index is 0.0164. The largest absolute Gasteiger partial charge is 0.385 e. The molecule has 328 valence electrons. The number of carbonyl (C=O) groups is 4. The lowest BCUT2D eigenvalue weighted by atomic mass is 9.84. The number of carbonyl (C=O) groups excluding carboxylic acids is 4. The molecule has 2 aliphatic heterocycles. The Bertz CT molecular complexity index is 2360. The minimum atomic E-state index is -0.597. The van der Waals surface area contributed by atoms with Gasteiger partial charge in [0.1, 0.15) is 11.5 Å². The predicted molar refractivity (Wildman–Crippen MR) is 245 cm³/mol. The maximum absolute atomic E-state index is 12.1. The van der Waals surface area contributed by atoms with E-state index in [1.807, 2.05) is 50.4 Å². The van der Waals surface area contributed by atoms with E-state index in [1.165, 1.54) is 58.6 Å². The Morgan fingerprint density at radius 3 is 2.29 bits per heavy atom. The number of amides is 3. The van der Waals surface area contributed by atoms with Crippen LogP contribution < -0.4 is 21.7 Å². The number of nitrogens with zero attached hydrogens (tertiary/aromatic N) is 5. The summed E-state index contributed by atoms with van der Waals surface area (Å²) in [5, 5.41) is 13.2. The van der Waals surface area contributed by atoms with Gasteiger partial charge < -0.3 is 16.4 Å². The highest BCUT2D eigenvalue weighted by Crippen LogP contribution is 2.36. The fourth-order valence-corrected chi connectivity index (χ4v) is 8.12. The van der Waals surface area contributed by atoms with Gasteiger partial charge in [-0.1, -0.05) is 64.1 Å². The molecule has 0 radical (unpaired) electrons. The van der Waals surface area contributed by atoms with E-state index < -0.39 is 5.91 Å². The number of nitrogens with one attached hydrogen (secondary N) is 3. The Kier molecular flexibility index (Phi) is 15.2. The van der Waals surface area contributed by atoms with Gasteiger partial charge in [-0.2, -0.15) is 0 Å². The summed E-state index contributed by atoms with van der Waals surface area (Å²) in [4.78, 5) is 56.8. The number of ketones is 1. The lowest BCUT2D eigenvalue weighted by molar-refractivity contribution is -0.135. The van der Waals surface area contributed by atoms with E-state index in [-0.39, 0.29) is 35.1 Å². The number of fused-ring (bicyclic) bond motifs is 1. The maximum atomic E-state index is 12.1. The van der Waals surface area contributed by atoms with Crippen molar-refractivity contribution in [1.29, 1.82) is 0 Å². The molecule has 8 rings (SSSR count). The summed E-state index contributed by atoms with van der Waals surface area (Å²) >= 11 is 0. The van der Waals surface area contributed by atoms with E-state index in [9.17, 15) is 19.2 Å². The number of aromatic nitrogens is 4. The Balaban J connectivity index is 0.000000387. The topological polar surface area (TPSA) is 177 Å². The zero-order valence-electron chi connectivity index (χ0n) is 37.3. The predicted octanol–water partition coefficient (Wildman–Crippen LogP) is 8.24. The van der Waals surface area contributed by atoms with Crippen LogP contribution in [0.25, 0.3) is 16.9 Å². The van der Waals surface area contributed by atoms with Crippen LogP contribution in [0.5, 0.6) is 0 Å². The quantitative estimate of drug-likeness (QED) is 0.0895. The summed E-state index contributed by atoms with van der Waals surface area (Å²) in [6.07, 6.45) is 10.7. The van der Waals surface area contributed by atoms with Crippen molar-refractivity contribution in [2.24, 2.45) is 29.4 Å². The lowest BCUT2D eigenvalue weighted by Gasteiger charge is -2.32. The zero-order valence-corrected chi connectivity index (χ0v) is 37.3.